The number of nitrogens with zero attached hydrogens (tertiary/aromatic N) is 1. The lowest BCUT2D eigenvalue weighted by atomic mass is 9.89. The molecule has 102 valence electrons. The number of nitrogens with one attached hydrogen (secondary N) is 1. The first-order valence-electron chi connectivity index (χ1n) is 6.28. The van der Waals surface area contributed by atoms with Gasteiger partial charge < -0.3 is 15.8 Å². The highest BCUT2D eigenvalue weighted by molar-refractivity contribution is 7.80. The third kappa shape index (κ3) is 3.48. The molecule has 1 aliphatic carbocycles. The zero-order chi connectivity index (χ0) is 13.8. The van der Waals surface area contributed by atoms with Crippen LogP contribution in [0.5, 0.6) is 0 Å². The number of hydrogen-bond donors (Lipinski definition) is 2. The Labute approximate surface area is 117 Å². The molecule has 1 aliphatic rings. The van der Waals surface area contributed by atoms with Crippen molar-refractivity contribution in [1.82, 2.24) is 10.3 Å². The van der Waals surface area contributed by atoms with Crippen LogP contribution in [0.4, 0.5) is 0 Å². The molecule has 2 rings (SSSR count). The molecule has 0 spiro atoms. The van der Waals surface area contributed by atoms with Gasteiger partial charge in [0.05, 0.1) is 6.10 Å². The van der Waals surface area contributed by atoms with Crippen molar-refractivity contribution >= 4 is 23.1 Å². The zero-order valence-electron chi connectivity index (χ0n) is 10.8. The number of thiocarbonyl (C=S) groups is 1. The fourth-order valence-electron chi connectivity index (χ4n) is 1.99. The Hall–Kier alpha value is -1.53. The largest absolute Gasteiger partial charge is 0.389 e. The summed E-state index contributed by atoms with van der Waals surface area (Å²) in [6.45, 7) is 2.69. The van der Waals surface area contributed by atoms with Gasteiger partial charge in [-0.1, -0.05) is 12.2 Å². The summed E-state index contributed by atoms with van der Waals surface area (Å²) in [5.74, 6) is -0.172. The number of amides is 1. The van der Waals surface area contributed by atoms with Gasteiger partial charge in [0.15, 0.2) is 0 Å². The van der Waals surface area contributed by atoms with Gasteiger partial charge in [-0.05, 0) is 31.9 Å². The van der Waals surface area contributed by atoms with Gasteiger partial charge in [-0.2, -0.15) is 0 Å². The molecule has 0 saturated heterocycles. The first kappa shape index (κ1) is 13.9. The summed E-state index contributed by atoms with van der Waals surface area (Å²) in [7, 11) is 0. The SMILES string of the molecule is CCOC1CC(NC(=O)c2ccc(C(N)=S)cn2)C1. The summed E-state index contributed by atoms with van der Waals surface area (Å²) in [5, 5.41) is 2.92. The summed E-state index contributed by atoms with van der Waals surface area (Å²) in [6, 6.07) is 3.51. The molecule has 3 N–H and O–H groups in total. The van der Waals surface area contributed by atoms with Crippen molar-refractivity contribution < 1.29 is 9.53 Å². The van der Waals surface area contributed by atoms with E-state index in [0.717, 1.165) is 12.8 Å². The fraction of sp³-hybridized carbons (Fsp3) is 0.462. The van der Waals surface area contributed by atoms with E-state index >= 15 is 0 Å². The van der Waals surface area contributed by atoms with Crippen LogP contribution in [0.15, 0.2) is 18.3 Å². The lowest BCUT2D eigenvalue weighted by Gasteiger charge is -2.35. The van der Waals surface area contributed by atoms with Crippen molar-refractivity contribution in [2.45, 2.75) is 31.9 Å². The van der Waals surface area contributed by atoms with Crippen LogP contribution in [0.3, 0.4) is 0 Å². The molecule has 1 amide bonds. The van der Waals surface area contributed by atoms with Gasteiger partial charge >= 0.3 is 0 Å². The van der Waals surface area contributed by atoms with E-state index in [2.05, 4.69) is 10.3 Å². The molecular weight excluding hydrogens is 262 g/mol. The van der Waals surface area contributed by atoms with E-state index in [9.17, 15) is 4.79 Å². The summed E-state index contributed by atoms with van der Waals surface area (Å²) in [6.07, 6.45) is 3.52. The molecule has 0 aromatic carbocycles. The molecule has 0 atom stereocenters. The molecule has 0 unspecified atom stereocenters. The minimum absolute atomic E-state index is 0.172. The maximum absolute atomic E-state index is 11.9. The second kappa shape index (κ2) is 6.08. The number of carbonyl (C=O) groups excluding carboxylic acids is 1. The monoisotopic (exact) mass is 279 g/mol. The molecule has 1 heterocycles. The van der Waals surface area contributed by atoms with Gasteiger partial charge in [-0.25, -0.2) is 0 Å². The van der Waals surface area contributed by atoms with Crippen molar-refractivity contribution in [2.24, 2.45) is 5.73 Å². The second-order valence-corrected chi connectivity index (χ2v) is 4.96. The quantitative estimate of drug-likeness (QED) is 0.787. The lowest BCUT2D eigenvalue weighted by Crippen LogP contribution is -2.48. The van der Waals surface area contributed by atoms with E-state index in [1.165, 1.54) is 6.20 Å². The average molecular weight is 279 g/mol. The van der Waals surface area contributed by atoms with E-state index in [0.29, 0.717) is 17.9 Å². The van der Waals surface area contributed by atoms with Gasteiger partial charge in [0.1, 0.15) is 10.7 Å². The van der Waals surface area contributed by atoms with Crippen molar-refractivity contribution in [3.63, 3.8) is 0 Å². The number of aromatic nitrogens is 1. The Morgan fingerprint density at radius 1 is 1.58 bits per heavy atom. The second-order valence-electron chi connectivity index (χ2n) is 4.52. The smallest absolute Gasteiger partial charge is 0.270 e. The molecule has 1 fully saturated rings. The van der Waals surface area contributed by atoms with E-state index in [1.54, 1.807) is 12.1 Å². The molecule has 0 aliphatic heterocycles. The van der Waals surface area contributed by atoms with Crippen molar-refractivity contribution in [3.05, 3.63) is 29.6 Å². The van der Waals surface area contributed by atoms with Crippen LogP contribution in [-0.4, -0.2) is 34.6 Å². The Morgan fingerprint density at radius 2 is 2.32 bits per heavy atom. The Kier molecular flexibility index (Phi) is 4.44. The third-order valence-electron chi connectivity index (χ3n) is 3.11. The molecule has 1 aromatic heterocycles. The highest BCUT2D eigenvalue weighted by Crippen LogP contribution is 2.23. The molecule has 5 nitrogen and oxygen atoms in total. The van der Waals surface area contributed by atoms with Crippen LogP contribution in [-0.2, 0) is 4.74 Å². The molecule has 0 bridgehead atoms. The minimum Gasteiger partial charge on any atom is -0.389 e. The van der Waals surface area contributed by atoms with Crippen LogP contribution in [0.1, 0.15) is 35.8 Å². The Morgan fingerprint density at radius 3 is 2.84 bits per heavy atom. The summed E-state index contributed by atoms with van der Waals surface area (Å²) in [4.78, 5) is 16.2. The van der Waals surface area contributed by atoms with Crippen LogP contribution < -0.4 is 11.1 Å². The normalized spacial score (nSPS) is 21.5. The van der Waals surface area contributed by atoms with Crippen molar-refractivity contribution in [3.8, 4) is 0 Å². The van der Waals surface area contributed by atoms with Crippen molar-refractivity contribution in [2.75, 3.05) is 6.61 Å². The van der Waals surface area contributed by atoms with Crippen LogP contribution in [0.25, 0.3) is 0 Å². The molecule has 1 saturated carbocycles. The first-order valence-corrected chi connectivity index (χ1v) is 6.69. The number of nitrogens with two attached hydrogens (primary N) is 1. The minimum atomic E-state index is -0.172. The van der Waals surface area contributed by atoms with Crippen molar-refractivity contribution in [1.29, 1.82) is 0 Å². The van der Waals surface area contributed by atoms with Gasteiger partial charge in [0, 0.05) is 24.4 Å². The fourth-order valence-corrected chi connectivity index (χ4v) is 2.11. The van der Waals surface area contributed by atoms with Crippen LogP contribution in [0, 0.1) is 0 Å². The molecule has 6 heteroatoms. The van der Waals surface area contributed by atoms with Gasteiger partial charge in [-0.15, -0.1) is 0 Å². The molecule has 19 heavy (non-hydrogen) atoms. The number of ether oxygens (including phenoxy) is 1. The number of pyridine rings is 1. The number of rotatable bonds is 5. The van der Waals surface area contributed by atoms with E-state index in [-0.39, 0.29) is 23.0 Å². The van der Waals surface area contributed by atoms with Gasteiger partial charge in [0.2, 0.25) is 0 Å². The predicted molar refractivity (Wildman–Crippen MR) is 76.0 cm³/mol. The Balaban J connectivity index is 1.85. The van der Waals surface area contributed by atoms with E-state index in [4.69, 9.17) is 22.7 Å². The lowest BCUT2D eigenvalue weighted by molar-refractivity contribution is -0.00867. The summed E-state index contributed by atoms with van der Waals surface area (Å²) < 4.78 is 5.44. The molecule has 1 aromatic rings. The zero-order valence-corrected chi connectivity index (χ0v) is 11.6. The number of hydrogen-bond acceptors (Lipinski definition) is 4. The standard InChI is InChI=1S/C13H17N3O2S/c1-2-18-10-5-9(6-10)16-13(17)11-4-3-8(7-15-11)12(14)19/h3-4,7,9-10H,2,5-6H2,1H3,(H2,14,19)(H,16,17). The Bertz CT molecular complexity index is 469. The van der Waals surface area contributed by atoms with Crippen LogP contribution >= 0.6 is 12.2 Å². The van der Waals surface area contributed by atoms with E-state index < -0.39 is 0 Å². The van der Waals surface area contributed by atoms with Crippen LogP contribution in [0.2, 0.25) is 0 Å². The maximum Gasteiger partial charge on any atom is 0.270 e. The highest BCUT2D eigenvalue weighted by Gasteiger charge is 2.30. The first-order chi connectivity index (χ1) is 9.10. The third-order valence-corrected chi connectivity index (χ3v) is 3.35. The maximum atomic E-state index is 11.9. The van der Waals surface area contributed by atoms with Gasteiger partial charge in [0.25, 0.3) is 5.91 Å². The van der Waals surface area contributed by atoms with E-state index in [1.807, 2.05) is 6.92 Å². The summed E-state index contributed by atoms with van der Waals surface area (Å²) >= 11 is 4.83. The summed E-state index contributed by atoms with van der Waals surface area (Å²) in [5.41, 5.74) is 6.51. The predicted octanol–water partition coefficient (Wildman–Crippen LogP) is 1.01. The number of carbonyl (C=O) groups is 1. The topological polar surface area (TPSA) is 77.2 Å². The molecule has 0 radical (unpaired) electrons. The average Bonchev–Trinajstić information content (AvgIpc) is 2.36. The highest BCUT2D eigenvalue weighted by atomic mass is 32.1. The van der Waals surface area contributed by atoms with Gasteiger partial charge in [-0.3, -0.25) is 9.78 Å². The molecular formula is C13H17N3O2S.